The molecule has 2 aromatic heterocycles. The van der Waals surface area contributed by atoms with E-state index in [-0.39, 0.29) is 17.9 Å². The van der Waals surface area contributed by atoms with Crippen molar-refractivity contribution in [2.45, 2.75) is 57.9 Å². The second kappa shape index (κ2) is 9.43. The van der Waals surface area contributed by atoms with Crippen molar-refractivity contribution < 1.29 is 9.90 Å². The molecule has 26 heavy (non-hydrogen) atoms. The van der Waals surface area contributed by atoms with Gasteiger partial charge in [0.05, 0.1) is 12.5 Å². The van der Waals surface area contributed by atoms with E-state index < -0.39 is 0 Å². The summed E-state index contributed by atoms with van der Waals surface area (Å²) >= 11 is 0. The number of carbonyl (C=O) groups is 1. The van der Waals surface area contributed by atoms with E-state index >= 15 is 0 Å². The first kappa shape index (κ1) is 20.0. The summed E-state index contributed by atoms with van der Waals surface area (Å²) in [4.78, 5) is 25.9. The van der Waals surface area contributed by atoms with E-state index in [1.807, 2.05) is 17.7 Å². The molecule has 2 N–H and O–H groups in total. The van der Waals surface area contributed by atoms with Gasteiger partial charge in [0.1, 0.15) is 11.4 Å². The Hall–Kier alpha value is -2.28. The molecular formula is C19H29N5O2. The highest BCUT2D eigenvalue weighted by Gasteiger charge is 2.20. The first-order valence-corrected chi connectivity index (χ1v) is 9.16. The van der Waals surface area contributed by atoms with Crippen LogP contribution in [0.4, 0.5) is 0 Å². The molecule has 142 valence electrons. The van der Waals surface area contributed by atoms with E-state index in [1.165, 1.54) is 19.3 Å². The largest absolute Gasteiger partial charge is 0.400 e. The average Bonchev–Trinajstić information content (AvgIpc) is 3.10. The molecule has 0 bridgehead atoms. The van der Waals surface area contributed by atoms with E-state index in [0.29, 0.717) is 11.5 Å². The van der Waals surface area contributed by atoms with Crippen LogP contribution in [0.2, 0.25) is 0 Å². The fourth-order valence-corrected chi connectivity index (χ4v) is 3.07. The lowest BCUT2D eigenvalue weighted by Gasteiger charge is -2.22. The molecule has 7 heteroatoms. The Morgan fingerprint density at radius 1 is 1.23 bits per heavy atom. The third kappa shape index (κ3) is 4.88. The summed E-state index contributed by atoms with van der Waals surface area (Å²) in [6.07, 6.45) is 9.19. The van der Waals surface area contributed by atoms with Gasteiger partial charge in [-0.1, -0.05) is 33.1 Å². The van der Waals surface area contributed by atoms with Crippen LogP contribution < -0.4 is 5.32 Å². The van der Waals surface area contributed by atoms with Gasteiger partial charge < -0.3 is 15.0 Å². The highest BCUT2D eigenvalue weighted by atomic mass is 16.2. The molecule has 1 aliphatic carbocycles. The molecule has 0 radical (unpaired) electrons. The monoisotopic (exact) mass is 359 g/mol. The topological polar surface area (TPSA) is 92.9 Å². The predicted octanol–water partition coefficient (Wildman–Crippen LogP) is 2.67. The predicted molar refractivity (Wildman–Crippen MR) is 101 cm³/mol. The van der Waals surface area contributed by atoms with Gasteiger partial charge in [0.25, 0.3) is 5.91 Å². The van der Waals surface area contributed by atoms with Gasteiger partial charge in [-0.3, -0.25) is 4.79 Å². The number of aliphatic hydroxyl groups excluding tert-OH is 1. The summed E-state index contributed by atoms with van der Waals surface area (Å²) in [7, 11) is 2.90. The smallest absolute Gasteiger partial charge is 0.270 e. The standard InChI is InChI=1S/C18H25N5O.CH4O/c1-12(2)14-9-15(18(24)20-13-7-5-4-6-8-13)22-17(21-14)16-10-19-11-23(16)3;1-2/h9-13H,4-8H2,1-3H3,(H,20,24);2H,1H3. The number of hydrogen-bond donors (Lipinski definition) is 2. The van der Waals surface area contributed by atoms with E-state index in [1.54, 1.807) is 12.5 Å². The van der Waals surface area contributed by atoms with Crippen LogP contribution in [0, 0.1) is 0 Å². The van der Waals surface area contributed by atoms with Gasteiger partial charge in [-0.2, -0.15) is 0 Å². The third-order valence-corrected chi connectivity index (χ3v) is 4.56. The number of aryl methyl sites for hydroxylation is 1. The number of nitrogens with one attached hydrogen (secondary N) is 1. The van der Waals surface area contributed by atoms with E-state index in [0.717, 1.165) is 31.3 Å². The van der Waals surface area contributed by atoms with Gasteiger partial charge in [-0.15, -0.1) is 0 Å². The second-order valence-corrected chi connectivity index (χ2v) is 6.85. The summed E-state index contributed by atoms with van der Waals surface area (Å²) < 4.78 is 1.86. The zero-order valence-corrected chi connectivity index (χ0v) is 16.1. The van der Waals surface area contributed by atoms with Crippen LogP contribution in [-0.4, -0.2) is 43.7 Å². The highest BCUT2D eigenvalue weighted by Crippen LogP contribution is 2.21. The lowest BCUT2D eigenvalue weighted by atomic mass is 9.95. The van der Waals surface area contributed by atoms with Crippen LogP contribution in [-0.2, 0) is 7.05 Å². The molecule has 0 spiro atoms. The Morgan fingerprint density at radius 2 is 1.92 bits per heavy atom. The summed E-state index contributed by atoms with van der Waals surface area (Å²) in [5.74, 6) is 0.672. The SMILES string of the molecule is CC(C)c1cc(C(=O)NC2CCCCC2)nc(-c2cncn2C)n1.CO. The highest BCUT2D eigenvalue weighted by molar-refractivity contribution is 5.93. The van der Waals surface area contributed by atoms with E-state index in [4.69, 9.17) is 5.11 Å². The maximum Gasteiger partial charge on any atom is 0.270 e. The van der Waals surface area contributed by atoms with Crippen molar-refractivity contribution in [2.75, 3.05) is 7.11 Å². The fraction of sp³-hybridized carbons (Fsp3) is 0.579. The molecule has 7 nitrogen and oxygen atoms in total. The zero-order chi connectivity index (χ0) is 19.1. The van der Waals surface area contributed by atoms with E-state index in [2.05, 4.69) is 34.1 Å². The number of rotatable bonds is 4. The minimum absolute atomic E-state index is 0.102. The van der Waals surface area contributed by atoms with Crippen molar-refractivity contribution in [2.24, 2.45) is 7.05 Å². The van der Waals surface area contributed by atoms with Gasteiger partial charge in [0.15, 0.2) is 5.82 Å². The van der Waals surface area contributed by atoms with Gasteiger partial charge in [-0.05, 0) is 24.8 Å². The lowest BCUT2D eigenvalue weighted by Crippen LogP contribution is -2.36. The minimum atomic E-state index is -0.102. The molecule has 2 heterocycles. The first-order chi connectivity index (χ1) is 12.5. The second-order valence-electron chi connectivity index (χ2n) is 6.85. The van der Waals surface area contributed by atoms with Crippen molar-refractivity contribution in [3.8, 4) is 11.5 Å². The maximum atomic E-state index is 12.7. The van der Waals surface area contributed by atoms with Crippen molar-refractivity contribution in [1.29, 1.82) is 0 Å². The number of hydrogen-bond acceptors (Lipinski definition) is 5. The minimum Gasteiger partial charge on any atom is -0.400 e. The van der Waals surface area contributed by atoms with Crippen LogP contribution >= 0.6 is 0 Å². The van der Waals surface area contributed by atoms with Gasteiger partial charge >= 0.3 is 0 Å². The Labute approximate surface area is 154 Å². The summed E-state index contributed by atoms with van der Waals surface area (Å²) in [6.45, 7) is 4.14. The number of aromatic nitrogens is 4. The molecule has 0 saturated heterocycles. The van der Waals surface area contributed by atoms with Gasteiger partial charge in [-0.25, -0.2) is 15.0 Å². The molecule has 1 amide bonds. The Morgan fingerprint density at radius 3 is 2.50 bits per heavy atom. The van der Waals surface area contributed by atoms with Crippen LogP contribution in [0.5, 0.6) is 0 Å². The van der Waals surface area contributed by atoms with Crippen molar-refractivity contribution in [1.82, 2.24) is 24.8 Å². The molecular weight excluding hydrogens is 330 g/mol. The number of amides is 1. The van der Waals surface area contributed by atoms with Gasteiger partial charge in [0, 0.05) is 25.9 Å². The van der Waals surface area contributed by atoms with Crippen LogP contribution in [0.3, 0.4) is 0 Å². The number of carbonyl (C=O) groups excluding carboxylic acids is 1. The van der Waals surface area contributed by atoms with E-state index in [9.17, 15) is 4.79 Å². The first-order valence-electron chi connectivity index (χ1n) is 9.16. The molecule has 3 rings (SSSR count). The molecule has 0 aromatic carbocycles. The van der Waals surface area contributed by atoms with Gasteiger partial charge in [0.2, 0.25) is 0 Å². The quantitative estimate of drug-likeness (QED) is 0.875. The van der Waals surface area contributed by atoms with Crippen LogP contribution in [0.15, 0.2) is 18.6 Å². The lowest BCUT2D eigenvalue weighted by molar-refractivity contribution is 0.0922. The summed E-state index contributed by atoms with van der Waals surface area (Å²) in [5.41, 5.74) is 2.12. The molecule has 0 aliphatic heterocycles. The summed E-state index contributed by atoms with van der Waals surface area (Å²) in [5, 5.41) is 10.1. The number of nitrogens with zero attached hydrogens (tertiary/aromatic N) is 4. The van der Waals surface area contributed by atoms with Crippen molar-refractivity contribution in [3.05, 3.63) is 30.0 Å². The normalized spacial score (nSPS) is 14.7. The Balaban J connectivity index is 0.00000117. The van der Waals surface area contributed by atoms with Crippen LogP contribution in [0.25, 0.3) is 11.5 Å². The zero-order valence-electron chi connectivity index (χ0n) is 16.1. The third-order valence-electron chi connectivity index (χ3n) is 4.56. The Bertz CT molecular complexity index is 720. The summed E-state index contributed by atoms with van der Waals surface area (Å²) in [6, 6.07) is 2.08. The maximum absolute atomic E-state index is 12.7. The molecule has 1 saturated carbocycles. The molecule has 2 aromatic rings. The Kier molecular flexibility index (Phi) is 7.26. The molecule has 1 aliphatic rings. The molecule has 0 atom stereocenters. The molecule has 0 unspecified atom stereocenters. The van der Waals surface area contributed by atoms with Crippen molar-refractivity contribution in [3.63, 3.8) is 0 Å². The fourth-order valence-electron chi connectivity index (χ4n) is 3.07. The molecule has 1 fully saturated rings. The average molecular weight is 359 g/mol. The van der Waals surface area contributed by atoms with Crippen LogP contribution in [0.1, 0.15) is 68.1 Å². The number of imidazole rings is 1. The number of aliphatic hydroxyl groups is 1. The van der Waals surface area contributed by atoms with Crippen molar-refractivity contribution >= 4 is 5.91 Å².